The Bertz CT molecular complexity index is 1130. The van der Waals surface area contributed by atoms with Gasteiger partial charge >= 0.3 is 0 Å². The second-order valence-electron chi connectivity index (χ2n) is 6.34. The van der Waals surface area contributed by atoms with Crippen LogP contribution >= 0.6 is 11.8 Å². The number of nitrogens with zero attached hydrogens (tertiary/aromatic N) is 3. The van der Waals surface area contributed by atoms with Gasteiger partial charge < -0.3 is 14.3 Å². The third-order valence-electron chi connectivity index (χ3n) is 4.50. The van der Waals surface area contributed by atoms with E-state index < -0.39 is 0 Å². The number of thioether (sulfide) groups is 1. The van der Waals surface area contributed by atoms with Crippen molar-refractivity contribution in [1.29, 1.82) is 0 Å². The van der Waals surface area contributed by atoms with E-state index in [9.17, 15) is 4.79 Å². The fourth-order valence-electron chi connectivity index (χ4n) is 3.09. The van der Waals surface area contributed by atoms with Crippen LogP contribution in [0.25, 0.3) is 22.2 Å². The molecule has 0 aliphatic rings. The molecule has 0 atom stereocenters. The molecular formula is C21H20N4O2S. The largest absolute Gasteiger partial charge is 0.469 e. The molecule has 2 heterocycles. The molecule has 0 saturated heterocycles. The summed E-state index contributed by atoms with van der Waals surface area (Å²) in [5.74, 6) is 1.74. The quantitative estimate of drug-likeness (QED) is 0.479. The number of fused-ring (bicyclic) bond motifs is 1. The van der Waals surface area contributed by atoms with Gasteiger partial charge in [0.25, 0.3) is 0 Å². The number of benzene rings is 2. The van der Waals surface area contributed by atoms with Gasteiger partial charge in [-0.2, -0.15) is 0 Å². The smallest absolute Gasteiger partial charge is 0.234 e. The zero-order valence-electron chi connectivity index (χ0n) is 15.7. The van der Waals surface area contributed by atoms with Gasteiger partial charge in [-0.3, -0.25) is 4.79 Å². The number of hydrogen-bond acceptors (Lipinski definition) is 5. The van der Waals surface area contributed by atoms with Crippen molar-refractivity contribution in [2.24, 2.45) is 0 Å². The molecule has 0 fully saturated rings. The topological polar surface area (TPSA) is 73.0 Å². The molecule has 2 aromatic carbocycles. The highest BCUT2D eigenvalue weighted by molar-refractivity contribution is 7.99. The van der Waals surface area contributed by atoms with E-state index >= 15 is 0 Å². The van der Waals surface area contributed by atoms with E-state index in [1.807, 2.05) is 66.9 Å². The predicted molar refractivity (Wildman–Crippen MR) is 111 cm³/mol. The van der Waals surface area contributed by atoms with Crippen LogP contribution in [0.15, 0.2) is 64.4 Å². The first-order valence-corrected chi connectivity index (χ1v) is 10.0. The lowest BCUT2D eigenvalue weighted by Crippen LogP contribution is -2.14. The molecule has 0 aliphatic carbocycles. The minimum Gasteiger partial charge on any atom is -0.469 e. The lowest BCUT2D eigenvalue weighted by atomic mass is 10.1. The second-order valence-corrected chi connectivity index (χ2v) is 7.28. The molecule has 2 aromatic heterocycles. The summed E-state index contributed by atoms with van der Waals surface area (Å²) in [4.78, 5) is 12.4. The van der Waals surface area contributed by atoms with Gasteiger partial charge in [-0.15, -0.1) is 10.2 Å². The van der Waals surface area contributed by atoms with E-state index in [-0.39, 0.29) is 11.7 Å². The third-order valence-corrected chi connectivity index (χ3v) is 5.47. The molecule has 28 heavy (non-hydrogen) atoms. The van der Waals surface area contributed by atoms with Gasteiger partial charge in [-0.25, -0.2) is 0 Å². The minimum absolute atomic E-state index is 0.0769. The Kier molecular flexibility index (Phi) is 5.16. The Hall–Kier alpha value is -3.06. The van der Waals surface area contributed by atoms with Crippen LogP contribution in [0.2, 0.25) is 0 Å². The lowest BCUT2D eigenvalue weighted by molar-refractivity contribution is -0.113. The molecule has 0 saturated carbocycles. The molecular weight excluding hydrogens is 372 g/mol. The number of rotatable bonds is 6. The maximum Gasteiger partial charge on any atom is 0.234 e. The number of carbonyl (C=O) groups excluding carboxylic acids is 1. The van der Waals surface area contributed by atoms with Gasteiger partial charge in [0.1, 0.15) is 5.76 Å². The van der Waals surface area contributed by atoms with Gasteiger partial charge in [0.05, 0.1) is 17.6 Å². The second kappa shape index (κ2) is 7.90. The minimum atomic E-state index is -0.0769. The van der Waals surface area contributed by atoms with Gasteiger partial charge in [0.15, 0.2) is 11.0 Å². The Morgan fingerprint density at radius 3 is 2.71 bits per heavy atom. The molecule has 0 bridgehead atoms. The van der Waals surface area contributed by atoms with Crippen molar-refractivity contribution < 1.29 is 9.21 Å². The van der Waals surface area contributed by atoms with Gasteiger partial charge in [-0.05, 0) is 42.8 Å². The normalized spacial score (nSPS) is 11.1. The van der Waals surface area contributed by atoms with Gasteiger partial charge in [0, 0.05) is 12.2 Å². The highest BCUT2D eigenvalue weighted by Crippen LogP contribution is 2.27. The molecule has 7 heteroatoms. The number of amides is 1. The number of nitrogens with one attached hydrogen (secondary N) is 1. The summed E-state index contributed by atoms with van der Waals surface area (Å²) in [5.41, 5.74) is 1.71. The standard InChI is InChI=1S/C21H20N4O2S/c1-3-25-20(18-10-11-27-14(18)2)23-24-21(25)28-13-19(26)22-17-9-8-15-6-4-5-7-16(15)12-17/h4-12H,3,13H2,1-2H3,(H,22,26). The van der Waals surface area contributed by atoms with Crippen LogP contribution in [0.3, 0.4) is 0 Å². The van der Waals surface area contributed by atoms with E-state index in [1.54, 1.807) is 6.26 Å². The zero-order chi connectivity index (χ0) is 19.5. The highest BCUT2D eigenvalue weighted by Gasteiger charge is 2.17. The number of aromatic nitrogens is 3. The van der Waals surface area contributed by atoms with Crippen molar-refractivity contribution in [3.63, 3.8) is 0 Å². The summed E-state index contributed by atoms with van der Waals surface area (Å²) in [6.07, 6.45) is 1.64. The summed E-state index contributed by atoms with van der Waals surface area (Å²) in [6.45, 7) is 4.64. The maximum atomic E-state index is 12.4. The van der Waals surface area contributed by atoms with Gasteiger partial charge in [0.2, 0.25) is 5.91 Å². The van der Waals surface area contributed by atoms with Crippen molar-refractivity contribution in [2.75, 3.05) is 11.1 Å². The number of carbonyl (C=O) groups is 1. The van der Waals surface area contributed by atoms with Crippen molar-refractivity contribution in [3.8, 4) is 11.4 Å². The fraction of sp³-hybridized carbons (Fsp3) is 0.190. The van der Waals surface area contributed by atoms with E-state index in [0.717, 1.165) is 33.6 Å². The van der Waals surface area contributed by atoms with Crippen LogP contribution in [0.4, 0.5) is 5.69 Å². The zero-order valence-corrected chi connectivity index (χ0v) is 16.5. The average Bonchev–Trinajstić information content (AvgIpc) is 3.31. The predicted octanol–water partition coefficient (Wildman–Crippen LogP) is 4.75. The van der Waals surface area contributed by atoms with E-state index in [4.69, 9.17) is 4.42 Å². The lowest BCUT2D eigenvalue weighted by Gasteiger charge is -2.08. The summed E-state index contributed by atoms with van der Waals surface area (Å²) in [5, 5.41) is 14.5. The first-order chi connectivity index (χ1) is 13.7. The van der Waals surface area contributed by atoms with Crippen LogP contribution in [0, 0.1) is 6.92 Å². The number of anilines is 1. The molecule has 1 N–H and O–H groups in total. The summed E-state index contributed by atoms with van der Waals surface area (Å²) < 4.78 is 7.36. The van der Waals surface area contributed by atoms with Crippen molar-refractivity contribution >= 4 is 34.1 Å². The Balaban J connectivity index is 1.44. The van der Waals surface area contributed by atoms with Gasteiger partial charge in [-0.1, -0.05) is 42.1 Å². The number of aryl methyl sites for hydroxylation is 1. The van der Waals surface area contributed by atoms with Crippen molar-refractivity contribution in [1.82, 2.24) is 14.8 Å². The van der Waals surface area contributed by atoms with Crippen molar-refractivity contribution in [3.05, 3.63) is 60.6 Å². The number of hydrogen-bond donors (Lipinski definition) is 1. The maximum absolute atomic E-state index is 12.4. The van der Waals surface area contributed by atoms with Crippen LogP contribution in [-0.4, -0.2) is 26.4 Å². The first kappa shape index (κ1) is 18.3. The molecule has 0 spiro atoms. The molecule has 0 radical (unpaired) electrons. The molecule has 142 valence electrons. The van der Waals surface area contributed by atoms with Crippen LogP contribution in [0.5, 0.6) is 0 Å². The first-order valence-electron chi connectivity index (χ1n) is 9.05. The number of furan rings is 1. The summed E-state index contributed by atoms with van der Waals surface area (Å²) in [7, 11) is 0. The highest BCUT2D eigenvalue weighted by atomic mass is 32.2. The molecule has 4 rings (SSSR count). The van der Waals surface area contributed by atoms with E-state index in [2.05, 4.69) is 15.5 Å². The van der Waals surface area contributed by atoms with Crippen LogP contribution in [0.1, 0.15) is 12.7 Å². The molecule has 6 nitrogen and oxygen atoms in total. The molecule has 0 aliphatic heterocycles. The fourth-order valence-corrected chi connectivity index (χ4v) is 3.89. The van der Waals surface area contributed by atoms with E-state index in [0.29, 0.717) is 11.7 Å². The molecule has 0 unspecified atom stereocenters. The molecule has 1 amide bonds. The van der Waals surface area contributed by atoms with Crippen LogP contribution in [-0.2, 0) is 11.3 Å². The Morgan fingerprint density at radius 2 is 1.96 bits per heavy atom. The van der Waals surface area contributed by atoms with E-state index in [1.165, 1.54) is 11.8 Å². The Morgan fingerprint density at radius 1 is 1.14 bits per heavy atom. The van der Waals surface area contributed by atoms with Crippen molar-refractivity contribution in [2.45, 2.75) is 25.5 Å². The average molecular weight is 392 g/mol. The summed E-state index contributed by atoms with van der Waals surface area (Å²) >= 11 is 1.37. The Labute approximate surface area is 167 Å². The summed E-state index contributed by atoms with van der Waals surface area (Å²) in [6, 6.07) is 15.8. The monoisotopic (exact) mass is 392 g/mol. The SMILES string of the molecule is CCn1c(SCC(=O)Nc2ccc3ccccc3c2)nnc1-c1ccoc1C. The van der Waals surface area contributed by atoms with Crippen LogP contribution < -0.4 is 5.32 Å². The third kappa shape index (κ3) is 3.66. The molecule has 4 aromatic rings.